The van der Waals surface area contributed by atoms with Crippen molar-refractivity contribution >= 4 is 33.2 Å². The summed E-state index contributed by atoms with van der Waals surface area (Å²) in [6.45, 7) is 1.37. The van der Waals surface area contributed by atoms with Gasteiger partial charge in [0.25, 0.3) is 5.56 Å². The van der Waals surface area contributed by atoms with Crippen LogP contribution in [0, 0.1) is 0 Å². The molecule has 0 spiro atoms. The molecule has 0 bridgehead atoms. The van der Waals surface area contributed by atoms with Crippen LogP contribution in [0.25, 0.3) is 21.3 Å². The molecule has 0 aliphatic rings. The Kier molecular flexibility index (Phi) is 4.27. The number of hydrogen-bond donors (Lipinski definition) is 0. The van der Waals surface area contributed by atoms with Gasteiger partial charge in [-0.3, -0.25) is 9.36 Å². The number of benzene rings is 1. The van der Waals surface area contributed by atoms with E-state index in [1.165, 1.54) is 15.9 Å². The lowest BCUT2D eigenvalue weighted by molar-refractivity contribution is 0.432. The molecule has 3 rings (SSSR count). The van der Waals surface area contributed by atoms with Crippen LogP contribution in [0.2, 0.25) is 5.02 Å². The van der Waals surface area contributed by atoms with Gasteiger partial charge in [-0.15, -0.1) is 11.3 Å². The number of thiophene rings is 1. The highest BCUT2D eigenvalue weighted by atomic mass is 35.5. The number of alkyl halides is 1. The largest absolute Gasteiger partial charge is 0.293 e. The molecule has 114 valence electrons. The highest BCUT2D eigenvalue weighted by molar-refractivity contribution is 7.17. The van der Waals surface area contributed by atoms with Crippen molar-refractivity contribution in [2.75, 3.05) is 6.67 Å². The topological polar surface area (TPSA) is 34.9 Å². The van der Waals surface area contributed by atoms with Gasteiger partial charge in [-0.1, -0.05) is 30.7 Å². The molecule has 3 nitrogen and oxygen atoms in total. The predicted molar refractivity (Wildman–Crippen MR) is 89.7 cm³/mol. The lowest BCUT2D eigenvalue weighted by Gasteiger charge is -2.09. The second-order valence-corrected chi connectivity index (χ2v) is 6.16. The molecule has 0 atom stereocenters. The first-order valence-corrected chi connectivity index (χ1v) is 8.24. The zero-order chi connectivity index (χ0) is 15.7. The zero-order valence-corrected chi connectivity index (χ0v) is 13.5. The fourth-order valence-corrected chi connectivity index (χ4v) is 3.58. The fourth-order valence-electron chi connectivity index (χ4n) is 2.49. The average Bonchev–Trinajstić information content (AvgIpc) is 2.95. The summed E-state index contributed by atoms with van der Waals surface area (Å²) in [4.78, 5) is 18.0. The van der Waals surface area contributed by atoms with E-state index in [1.807, 2.05) is 24.4 Å². The van der Waals surface area contributed by atoms with Gasteiger partial charge in [0.1, 0.15) is 17.3 Å². The van der Waals surface area contributed by atoms with Gasteiger partial charge < -0.3 is 0 Å². The molecular formula is C16H14ClFN2OS. The van der Waals surface area contributed by atoms with Gasteiger partial charge in [-0.2, -0.15) is 0 Å². The van der Waals surface area contributed by atoms with Crippen molar-refractivity contribution in [1.82, 2.24) is 9.55 Å². The Morgan fingerprint density at radius 3 is 2.68 bits per heavy atom. The lowest BCUT2D eigenvalue weighted by Crippen LogP contribution is -2.25. The molecule has 0 unspecified atom stereocenters. The van der Waals surface area contributed by atoms with E-state index in [0.29, 0.717) is 27.5 Å². The first-order chi connectivity index (χ1) is 10.7. The van der Waals surface area contributed by atoms with Crippen LogP contribution in [0.1, 0.15) is 12.7 Å². The van der Waals surface area contributed by atoms with Gasteiger partial charge in [0.15, 0.2) is 0 Å². The number of rotatable bonds is 4. The summed E-state index contributed by atoms with van der Waals surface area (Å²) in [6.07, 6.45) is 0.597. The van der Waals surface area contributed by atoms with Crippen LogP contribution in [0.3, 0.4) is 0 Å². The SMILES string of the molecule is CCc1nc2scc(-c3ccc(Cl)cc3)c2c(=O)n1CCF. The van der Waals surface area contributed by atoms with Crippen molar-refractivity contribution in [1.29, 1.82) is 0 Å². The average molecular weight is 337 g/mol. The highest BCUT2D eigenvalue weighted by Crippen LogP contribution is 2.31. The standard InChI is InChI=1S/C16H14ClFN2OS/c1-2-13-19-15-14(16(21)20(13)8-7-18)12(9-22-15)10-3-5-11(17)6-4-10/h3-6,9H,2,7-8H2,1H3. The number of fused-ring (bicyclic) bond motifs is 1. The third-order valence-corrected chi connectivity index (χ3v) is 4.68. The number of aryl methyl sites for hydroxylation is 1. The first-order valence-electron chi connectivity index (χ1n) is 6.98. The highest BCUT2D eigenvalue weighted by Gasteiger charge is 2.16. The molecular weight excluding hydrogens is 323 g/mol. The Morgan fingerprint density at radius 2 is 2.05 bits per heavy atom. The molecule has 0 aliphatic carbocycles. The Balaban J connectivity index is 2.28. The molecule has 3 aromatic rings. The summed E-state index contributed by atoms with van der Waals surface area (Å²) in [6, 6.07) is 7.32. The van der Waals surface area contributed by atoms with Gasteiger partial charge in [0.2, 0.25) is 0 Å². The number of halogens is 2. The fraction of sp³-hybridized carbons (Fsp3) is 0.250. The Bertz CT molecular complexity index is 870. The third kappa shape index (κ3) is 2.55. The molecule has 6 heteroatoms. The Morgan fingerprint density at radius 1 is 1.32 bits per heavy atom. The number of hydrogen-bond acceptors (Lipinski definition) is 3. The summed E-state index contributed by atoms with van der Waals surface area (Å²) in [7, 11) is 0. The van der Waals surface area contributed by atoms with Crippen molar-refractivity contribution in [3.8, 4) is 11.1 Å². The van der Waals surface area contributed by atoms with Crippen molar-refractivity contribution in [3.63, 3.8) is 0 Å². The molecule has 0 amide bonds. The second-order valence-electron chi connectivity index (χ2n) is 4.86. The van der Waals surface area contributed by atoms with E-state index >= 15 is 0 Å². The summed E-state index contributed by atoms with van der Waals surface area (Å²) in [5.41, 5.74) is 1.56. The summed E-state index contributed by atoms with van der Waals surface area (Å²) in [5, 5.41) is 3.11. The van der Waals surface area contributed by atoms with Crippen LogP contribution < -0.4 is 5.56 Å². The van der Waals surface area contributed by atoms with E-state index in [2.05, 4.69) is 4.98 Å². The Labute approximate surface area is 136 Å². The van der Waals surface area contributed by atoms with E-state index in [1.54, 1.807) is 12.1 Å². The van der Waals surface area contributed by atoms with Crippen LogP contribution in [-0.4, -0.2) is 16.2 Å². The smallest absolute Gasteiger partial charge is 0.262 e. The maximum atomic E-state index is 12.8. The minimum absolute atomic E-state index is 0.0425. The molecule has 0 aliphatic heterocycles. The molecule has 0 fully saturated rings. The van der Waals surface area contributed by atoms with Crippen molar-refractivity contribution < 1.29 is 4.39 Å². The summed E-state index contributed by atoms with van der Waals surface area (Å²) < 4.78 is 14.2. The molecule has 0 N–H and O–H groups in total. The number of nitrogens with zero attached hydrogens (tertiary/aromatic N) is 2. The van der Waals surface area contributed by atoms with Crippen LogP contribution in [0.15, 0.2) is 34.4 Å². The van der Waals surface area contributed by atoms with Crippen LogP contribution in [0.5, 0.6) is 0 Å². The molecule has 22 heavy (non-hydrogen) atoms. The van der Waals surface area contributed by atoms with Crippen molar-refractivity contribution in [2.24, 2.45) is 0 Å². The van der Waals surface area contributed by atoms with E-state index in [0.717, 1.165) is 11.1 Å². The monoisotopic (exact) mass is 336 g/mol. The molecule has 0 saturated carbocycles. The van der Waals surface area contributed by atoms with Gasteiger partial charge in [0, 0.05) is 22.4 Å². The minimum atomic E-state index is -0.583. The van der Waals surface area contributed by atoms with E-state index in [-0.39, 0.29) is 12.1 Å². The minimum Gasteiger partial charge on any atom is -0.293 e. The van der Waals surface area contributed by atoms with Gasteiger partial charge >= 0.3 is 0 Å². The lowest BCUT2D eigenvalue weighted by atomic mass is 10.1. The maximum Gasteiger partial charge on any atom is 0.262 e. The predicted octanol–water partition coefficient (Wildman–Crippen LogP) is 4.31. The van der Waals surface area contributed by atoms with E-state index < -0.39 is 6.67 Å². The van der Waals surface area contributed by atoms with Crippen molar-refractivity contribution in [3.05, 3.63) is 50.8 Å². The number of aromatic nitrogens is 2. The van der Waals surface area contributed by atoms with Crippen molar-refractivity contribution in [2.45, 2.75) is 19.9 Å². The molecule has 2 aromatic heterocycles. The molecule has 2 heterocycles. The van der Waals surface area contributed by atoms with Gasteiger partial charge in [0.05, 0.1) is 11.9 Å². The van der Waals surface area contributed by atoms with Crippen LogP contribution in [0.4, 0.5) is 4.39 Å². The van der Waals surface area contributed by atoms with Crippen LogP contribution >= 0.6 is 22.9 Å². The van der Waals surface area contributed by atoms with Gasteiger partial charge in [-0.25, -0.2) is 9.37 Å². The molecule has 0 saturated heterocycles. The van der Waals surface area contributed by atoms with E-state index in [4.69, 9.17) is 11.6 Å². The summed E-state index contributed by atoms with van der Waals surface area (Å²) in [5.74, 6) is 0.625. The zero-order valence-electron chi connectivity index (χ0n) is 12.0. The normalized spacial score (nSPS) is 11.2. The Hall–Kier alpha value is -1.72. The van der Waals surface area contributed by atoms with Crippen LogP contribution in [-0.2, 0) is 13.0 Å². The quantitative estimate of drug-likeness (QED) is 0.711. The summed E-state index contributed by atoms with van der Waals surface area (Å²) >= 11 is 7.34. The maximum absolute atomic E-state index is 12.8. The first kappa shape index (κ1) is 15.2. The molecule has 1 aromatic carbocycles. The third-order valence-electron chi connectivity index (χ3n) is 3.55. The van der Waals surface area contributed by atoms with Gasteiger partial charge in [-0.05, 0) is 17.7 Å². The second kappa shape index (κ2) is 6.18. The van der Waals surface area contributed by atoms with E-state index in [9.17, 15) is 9.18 Å². The molecule has 0 radical (unpaired) electrons.